The number of rotatable bonds is 6. The highest BCUT2D eigenvalue weighted by Gasteiger charge is 2.31. The van der Waals surface area contributed by atoms with Crippen molar-refractivity contribution < 1.29 is 9.59 Å². The summed E-state index contributed by atoms with van der Waals surface area (Å²) in [6.45, 7) is 10.0. The molecule has 92 valence electrons. The SMILES string of the molecule is CC(C)(C)CC(C)(C)N(C=O)N=NNC=O. The van der Waals surface area contributed by atoms with E-state index in [-0.39, 0.29) is 5.41 Å². The summed E-state index contributed by atoms with van der Waals surface area (Å²) in [6, 6.07) is 0. The zero-order chi connectivity index (χ0) is 12.8. The smallest absolute Gasteiger partial charge is 0.231 e. The Hall–Kier alpha value is -1.46. The van der Waals surface area contributed by atoms with Crippen LogP contribution in [-0.4, -0.2) is 23.4 Å². The van der Waals surface area contributed by atoms with Gasteiger partial charge in [-0.3, -0.25) is 9.59 Å². The Kier molecular flexibility index (Phi) is 5.07. The Bertz CT molecular complexity index is 268. The van der Waals surface area contributed by atoms with Crippen LogP contribution < -0.4 is 5.43 Å². The number of carbonyl (C=O) groups is 2. The molecule has 0 aliphatic heterocycles. The Morgan fingerprint density at radius 3 is 2.12 bits per heavy atom. The first-order valence-electron chi connectivity index (χ1n) is 5.07. The van der Waals surface area contributed by atoms with Gasteiger partial charge in [-0.05, 0) is 36.1 Å². The van der Waals surface area contributed by atoms with Crippen molar-refractivity contribution in [2.24, 2.45) is 15.9 Å². The third-order valence-electron chi connectivity index (χ3n) is 1.93. The van der Waals surface area contributed by atoms with Crippen molar-refractivity contribution in [2.75, 3.05) is 0 Å². The van der Waals surface area contributed by atoms with E-state index in [0.29, 0.717) is 12.8 Å². The van der Waals surface area contributed by atoms with Gasteiger partial charge in [0, 0.05) is 0 Å². The number of carbonyl (C=O) groups excluding carboxylic acids is 2. The average molecular weight is 228 g/mol. The summed E-state index contributed by atoms with van der Waals surface area (Å²) >= 11 is 0. The summed E-state index contributed by atoms with van der Waals surface area (Å²) in [4.78, 5) is 20.9. The molecule has 2 amide bonds. The lowest BCUT2D eigenvalue weighted by Gasteiger charge is -2.36. The van der Waals surface area contributed by atoms with E-state index in [9.17, 15) is 9.59 Å². The van der Waals surface area contributed by atoms with E-state index in [1.165, 1.54) is 5.01 Å². The van der Waals surface area contributed by atoms with Crippen LogP contribution in [0.3, 0.4) is 0 Å². The molecule has 6 heteroatoms. The Balaban J connectivity index is 4.66. The molecule has 0 unspecified atom stereocenters. The number of amides is 2. The van der Waals surface area contributed by atoms with Gasteiger partial charge in [-0.25, -0.2) is 10.4 Å². The normalized spacial score (nSPS) is 12.6. The fourth-order valence-electron chi connectivity index (χ4n) is 1.76. The van der Waals surface area contributed by atoms with Gasteiger partial charge in [0.05, 0.1) is 5.54 Å². The Morgan fingerprint density at radius 1 is 1.19 bits per heavy atom. The maximum absolute atomic E-state index is 10.9. The van der Waals surface area contributed by atoms with E-state index in [1.807, 2.05) is 19.3 Å². The third-order valence-corrected chi connectivity index (χ3v) is 1.93. The van der Waals surface area contributed by atoms with Crippen molar-refractivity contribution in [3.05, 3.63) is 0 Å². The fraction of sp³-hybridized carbons (Fsp3) is 0.800. The molecule has 0 radical (unpaired) electrons. The van der Waals surface area contributed by atoms with E-state index < -0.39 is 5.54 Å². The van der Waals surface area contributed by atoms with Gasteiger partial charge in [-0.2, -0.15) is 0 Å². The van der Waals surface area contributed by atoms with Gasteiger partial charge < -0.3 is 0 Å². The minimum Gasteiger partial charge on any atom is -0.277 e. The van der Waals surface area contributed by atoms with Gasteiger partial charge in [0.2, 0.25) is 12.8 Å². The topological polar surface area (TPSA) is 74.1 Å². The van der Waals surface area contributed by atoms with Crippen LogP contribution in [0, 0.1) is 5.41 Å². The highest BCUT2D eigenvalue weighted by Crippen LogP contribution is 2.30. The Morgan fingerprint density at radius 2 is 1.75 bits per heavy atom. The molecular formula is C10H20N4O2. The molecule has 0 saturated carbocycles. The zero-order valence-electron chi connectivity index (χ0n) is 10.5. The second-order valence-electron chi connectivity index (χ2n) is 5.44. The van der Waals surface area contributed by atoms with Gasteiger partial charge in [0.15, 0.2) is 0 Å². The molecule has 0 heterocycles. The molecule has 0 rings (SSSR count). The van der Waals surface area contributed by atoms with E-state index in [2.05, 4.69) is 31.2 Å². The van der Waals surface area contributed by atoms with Crippen LogP contribution in [-0.2, 0) is 9.59 Å². The summed E-state index contributed by atoms with van der Waals surface area (Å²) in [5.74, 6) is 0. The molecule has 6 nitrogen and oxygen atoms in total. The fourth-order valence-corrected chi connectivity index (χ4v) is 1.76. The monoisotopic (exact) mass is 228 g/mol. The molecule has 0 spiro atoms. The van der Waals surface area contributed by atoms with Gasteiger partial charge in [-0.1, -0.05) is 20.8 Å². The first kappa shape index (κ1) is 14.5. The molecular weight excluding hydrogens is 208 g/mol. The third kappa shape index (κ3) is 5.43. The van der Waals surface area contributed by atoms with Gasteiger partial charge in [0.25, 0.3) is 0 Å². The summed E-state index contributed by atoms with van der Waals surface area (Å²) < 4.78 is 0. The van der Waals surface area contributed by atoms with Crippen molar-refractivity contribution >= 4 is 12.8 Å². The van der Waals surface area contributed by atoms with Crippen LogP contribution >= 0.6 is 0 Å². The molecule has 0 fully saturated rings. The average Bonchev–Trinajstić information content (AvgIpc) is 2.08. The standard InChI is InChI=1S/C10H20N4O2/c1-9(2,3)6-10(4,5)14(8-16)13-12-11-7-15/h7-8H,6H2,1-5H3,(H,11,13,15). The molecule has 0 saturated heterocycles. The summed E-state index contributed by atoms with van der Waals surface area (Å²) in [5.41, 5.74) is 1.64. The highest BCUT2D eigenvalue weighted by atomic mass is 16.2. The zero-order valence-corrected chi connectivity index (χ0v) is 10.5. The quantitative estimate of drug-likeness (QED) is 0.427. The van der Waals surface area contributed by atoms with Crippen molar-refractivity contribution in [3.63, 3.8) is 0 Å². The lowest BCUT2D eigenvalue weighted by atomic mass is 9.81. The van der Waals surface area contributed by atoms with Gasteiger partial charge >= 0.3 is 0 Å². The lowest BCUT2D eigenvalue weighted by molar-refractivity contribution is -0.125. The van der Waals surface area contributed by atoms with Crippen LogP contribution in [0.2, 0.25) is 0 Å². The van der Waals surface area contributed by atoms with Gasteiger partial charge in [-0.15, -0.1) is 0 Å². The molecule has 0 aromatic carbocycles. The van der Waals surface area contributed by atoms with Crippen LogP contribution in [0.25, 0.3) is 0 Å². The molecule has 16 heavy (non-hydrogen) atoms. The van der Waals surface area contributed by atoms with E-state index in [4.69, 9.17) is 0 Å². The van der Waals surface area contributed by atoms with E-state index >= 15 is 0 Å². The van der Waals surface area contributed by atoms with Crippen molar-refractivity contribution in [3.8, 4) is 0 Å². The highest BCUT2D eigenvalue weighted by molar-refractivity contribution is 5.48. The van der Waals surface area contributed by atoms with Crippen molar-refractivity contribution in [1.29, 1.82) is 0 Å². The predicted molar refractivity (Wildman–Crippen MR) is 60.1 cm³/mol. The molecule has 0 aromatic rings. The lowest BCUT2D eigenvalue weighted by Crippen LogP contribution is -2.42. The van der Waals surface area contributed by atoms with E-state index in [1.54, 1.807) is 0 Å². The maximum atomic E-state index is 10.9. The summed E-state index contributed by atoms with van der Waals surface area (Å²) in [7, 11) is 0. The summed E-state index contributed by atoms with van der Waals surface area (Å²) in [6.07, 6.45) is 1.75. The molecule has 0 atom stereocenters. The van der Waals surface area contributed by atoms with Crippen LogP contribution in [0.15, 0.2) is 10.4 Å². The number of nitrogens with zero attached hydrogens (tertiary/aromatic N) is 3. The number of hydrogen-bond donors (Lipinski definition) is 1. The number of hydrogen-bond acceptors (Lipinski definition) is 4. The Labute approximate surface area is 96.0 Å². The second kappa shape index (κ2) is 5.58. The van der Waals surface area contributed by atoms with E-state index in [0.717, 1.165) is 6.42 Å². The molecule has 0 aliphatic rings. The largest absolute Gasteiger partial charge is 0.277 e. The number of nitrogens with one attached hydrogen (secondary N) is 1. The molecule has 0 aliphatic carbocycles. The molecule has 1 N–H and O–H groups in total. The van der Waals surface area contributed by atoms with Crippen LogP contribution in [0.4, 0.5) is 0 Å². The van der Waals surface area contributed by atoms with Gasteiger partial charge in [0.1, 0.15) is 0 Å². The summed E-state index contributed by atoms with van der Waals surface area (Å²) in [5, 5.41) is 8.20. The minimum atomic E-state index is -0.450. The first-order chi connectivity index (χ1) is 7.23. The molecule has 0 bridgehead atoms. The van der Waals surface area contributed by atoms with Crippen LogP contribution in [0.1, 0.15) is 41.0 Å². The van der Waals surface area contributed by atoms with Crippen LogP contribution in [0.5, 0.6) is 0 Å². The van der Waals surface area contributed by atoms with Crippen molar-refractivity contribution in [2.45, 2.75) is 46.6 Å². The predicted octanol–water partition coefficient (Wildman–Crippen LogP) is 1.69. The maximum Gasteiger partial charge on any atom is 0.231 e. The minimum absolute atomic E-state index is 0.0678. The van der Waals surface area contributed by atoms with Crippen molar-refractivity contribution in [1.82, 2.24) is 10.4 Å². The second-order valence-corrected chi connectivity index (χ2v) is 5.44. The first-order valence-corrected chi connectivity index (χ1v) is 5.07. The molecule has 0 aromatic heterocycles.